The number of alkyl halides is 1. The number of ether oxygens (including phenoxy) is 1. The zero-order valence-corrected chi connectivity index (χ0v) is 12.8. The highest BCUT2D eigenvalue weighted by atomic mass is 79.9. The molecule has 0 bridgehead atoms. The number of rotatable bonds is 4. The molecule has 0 unspecified atom stereocenters. The number of halogens is 2. The quantitative estimate of drug-likeness (QED) is 0.784. The lowest BCUT2D eigenvalue weighted by Crippen LogP contribution is -2.37. The third kappa shape index (κ3) is 3.55. The molecule has 3 nitrogen and oxygen atoms in total. The summed E-state index contributed by atoms with van der Waals surface area (Å²) >= 11 is 3.41. The summed E-state index contributed by atoms with van der Waals surface area (Å²) in [5.74, 6) is -0.501. The van der Waals surface area contributed by atoms with Crippen molar-refractivity contribution in [2.75, 3.05) is 24.3 Å². The monoisotopic (exact) mass is 350 g/mol. The topological polar surface area (TPSA) is 43.4 Å². The van der Waals surface area contributed by atoms with Crippen molar-refractivity contribution in [1.82, 2.24) is 0 Å². The van der Waals surface area contributed by atoms with Gasteiger partial charge in [0.1, 0.15) is 5.82 Å². The van der Waals surface area contributed by atoms with E-state index in [4.69, 9.17) is 4.74 Å². The lowest BCUT2D eigenvalue weighted by molar-refractivity contribution is 0.0367. The average molecular weight is 351 g/mol. The zero-order chi connectivity index (χ0) is 13.9. The Kier molecular flexibility index (Phi) is 4.63. The molecule has 1 aromatic rings. The fourth-order valence-corrected chi connectivity index (χ4v) is 5.23. The summed E-state index contributed by atoms with van der Waals surface area (Å²) in [6, 6.07) is 5.19. The highest BCUT2D eigenvalue weighted by Crippen LogP contribution is 2.35. The number of hydrogen-bond donors (Lipinski definition) is 0. The van der Waals surface area contributed by atoms with Gasteiger partial charge in [-0.15, -0.1) is 0 Å². The van der Waals surface area contributed by atoms with Gasteiger partial charge in [0.25, 0.3) is 0 Å². The van der Waals surface area contributed by atoms with Crippen LogP contribution in [0.15, 0.2) is 29.2 Å². The molecule has 1 aromatic carbocycles. The molecule has 0 atom stereocenters. The van der Waals surface area contributed by atoms with Crippen molar-refractivity contribution < 1.29 is 17.5 Å². The van der Waals surface area contributed by atoms with Crippen molar-refractivity contribution in [3.63, 3.8) is 0 Å². The van der Waals surface area contributed by atoms with Crippen molar-refractivity contribution in [1.29, 1.82) is 0 Å². The molecule has 0 radical (unpaired) electrons. The van der Waals surface area contributed by atoms with E-state index in [-0.39, 0.29) is 16.1 Å². The van der Waals surface area contributed by atoms with Crippen molar-refractivity contribution >= 4 is 25.8 Å². The Labute approximate surface area is 121 Å². The summed E-state index contributed by atoms with van der Waals surface area (Å²) in [6.07, 6.45) is 1.40. The second-order valence-electron chi connectivity index (χ2n) is 4.96. The maximum Gasteiger partial charge on any atom is 0.179 e. The van der Waals surface area contributed by atoms with Crippen LogP contribution in [0, 0.1) is 11.2 Å². The van der Waals surface area contributed by atoms with Crippen molar-refractivity contribution in [2.45, 2.75) is 17.7 Å². The van der Waals surface area contributed by atoms with Crippen LogP contribution in [0.1, 0.15) is 12.8 Å². The molecule has 0 spiro atoms. The first-order chi connectivity index (χ1) is 8.97. The van der Waals surface area contributed by atoms with Crippen LogP contribution in [0.25, 0.3) is 0 Å². The van der Waals surface area contributed by atoms with E-state index in [1.165, 1.54) is 18.2 Å². The number of sulfone groups is 1. The first kappa shape index (κ1) is 14.9. The number of benzene rings is 1. The SMILES string of the molecule is O=S(=O)(CC1(CBr)CCOCC1)c1cccc(F)c1. The minimum absolute atomic E-state index is 0.0259. The second kappa shape index (κ2) is 5.89. The highest BCUT2D eigenvalue weighted by molar-refractivity contribution is 9.09. The minimum atomic E-state index is -3.48. The van der Waals surface area contributed by atoms with E-state index >= 15 is 0 Å². The number of hydrogen-bond acceptors (Lipinski definition) is 3. The van der Waals surface area contributed by atoms with Gasteiger partial charge in [-0.2, -0.15) is 0 Å². The summed E-state index contributed by atoms with van der Waals surface area (Å²) in [5.41, 5.74) is -0.316. The summed E-state index contributed by atoms with van der Waals surface area (Å²) in [5, 5.41) is 0.609. The Morgan fingerprint density at radius 3 is 2.58 bits per heavy atom. The highest BCUT2D eigenvalue weighted by Gasteiger charge is 2.37. The molecule has 106 valence electrons. The molecule has 19 heavy (non-hydrogen) atoms. The Hall–Kier alpha value is -0.460. The van der Waals surface area contributed by atoms with Crippen LogP contribution < -0.4 is 0 Å². The molecule has 1 fully saturated rings. The van der Waals surface area contributed by atoms with Gasteiger partial charge in [0.2, 0.25) is 0 Å². The Balaban J connectivity index is 2.25. The smallest absolute Gasteiger partial charge is 0.179 e. The van der Waals surface area contributed by atoms with Crippen LogP contribution in [0.5, 0.6) is 0 Å². The van der Waals surface area contributed by atoms with Gasteiger partial charge in [-0.25, -0.2) is 12.8 Å². The van der Waals surface area contributed by atoms with Crippen LogP contribution in [0.2, 0.25) is 0 Å². The molecule has 2 rings (SSSR count). The standard InChI is InChI=1S/C13H16BrFO3S/c14-9-13(4-6-18-7-5-13)10-19(16,17)12-3-1-2-11(15)8-12/h1-3,8H,4-7,9-10H2. The van der Waals surface area contributed by atoms with Crippen molar-refractivity contribution in [2.24, 2.45) is 5.41 Å². The third-order valence-electron chi connectivity index (χ3n) is 3.49. The summed E-state index contributed by atoms with van der Waals surface area (Å²) < 4.78 is 43.2. The summed E-state index contributed by atoms with van der Waals surface area (Å²) in [7, 11) is -3.48. The van der Waals surface area contributed by atoms with Crippen LogP contribution in [0.4, 0.5) is 4.39 Å². The van der Waals surface area contributed by atoms with Gasteiger partial charge in [-0.05, 0) is 36.5 Å². The van der Waals surface area contributed by atoms with Crippen molar-refractivity contribution in [3.05, 3.63) is 30.1 Å². The molecule has 0 aromatic heterocycles. The van der Waals surface area contributed by atoms with Crippen LogP contribution in [-0.4, -0.2) is 32.7 Å². The average Bonchev–Trinajstić information content (AvgIpc) is 2.39. The third-order valence-corrected chi connectivity index (χ3v) is 6.64. The molecule has 1 saturated heterocycles. The van der Waals surface area contributed by atoms with E-state index in [1.54, 1.807) is 0 Å². The van der Waals surface area contributed by atoms with Gasteiger partial charge < -0.3 is 4.74 Å². The molecule has 1 aliphatic heterocycles. The molecule has 0 N–H and O–H groups in total. The molecule has 1 heterocycles. The van der Waals surface area contributed by atoms with Crippen LogP contribution in [0.3, 0.4) is 0 Å². The maximum absolute atomic E-state index is 13.2. The largest absolute Gasteiger partial charge is 0.381 e. The molecule has 0 amide bonds. The van der Waals surface area contributed by atoms with Gasteiger partial charge in [0.05, 0.1) is 10.6 Å². The second-order valence-corrected chi connectivity index (χ2v) is 7.51. The van der Waals surface area contributed by atoms with E-state index in [0.717, 1.165) is 6.07 Å². The Morgan fingerprint density at radius 2 is 2.00 bits per heavy atom. The van der Waals surface area contributed by atoms with Gasteiger partial charge in [0.15, 0.2) is 9.84 Å². The lowest BCUT2D eigenvalue weighted by Gasteiger charge is -2.35. The van der Waals surface area contributed by atoms with Crippen LogP contribution in [-0.2, 0) is 14.6 Å². The van der Waals surface area contributed by atoms with E-state index < -0.39 is 15.7 Å². The lowest BCUT2D eigenvalue weighted by atomic mass is 9.85. The molecule has 0 aliphatic carbocycles. The van der Waals surface area contributed by atoms with Gasteiger partial charge in [0, 0.05) is 18.5 Å². The molecular weight excluding hydrogens is 335 g/mol. The zero-order valence-electron chi connectivity index (χ0n) is 10.4. The molecular formula is C13H16BrFO3S. The fraction of sp³-hybridized carbons (Fsp3) is 0.538. The Bertz CT molecular complexity index is 539. The van der Waals surface area contributed by atoms with Crippen molar-refractivity contribution in [3.8, 4) is 0 Å². The van der Waals surface area contributed by atoms with E-state index in [2.05, 4.69) is 15.9 Å². The van der Waals surface area contributed by atoms with E-state index in [0.29, 0.717) is 31.4 Å². The van der Waals surface area contributed by atoms with Crippen LogP contribution >= 0.6 is 15.9 Å². The predicted octanol–water partition coefficient (Wildman–Crippen LogP) is 2.79. The fourth-order valence-electron chi connectivity index (χ4n) is 2.27. The van der Waals surface area contributed by atoms with E-state index in [1.807, 2.05) is 0 Å². The molecule has 1 aliphatic rings. The summed E-state index contributed by atoms with van der Waals surface area (Å²) in [4.78, 5) is 0.0549. The summed E-state index contributed by atoms with van der Waals surface area (Å²) in [6.45, 7) is 1.15. The molecule has 6 heteroatoms. The first-order valence-corrected chi connectivity index (χ1v) is 8.87. The first-order valence-electron chi connectivity index (χ1n) is 6.10. The molecule has 0 saturated carbocycles. The van der Waals surface area contributed by atoms with Gasteiger partial charge in [-0.3, -0.25) is 0 Å². The minimum Gasteiger partial charge on any atom is -0.381 e. The normalized spacial score (nSPS) is 19.3. The van der Waals surface area contributed by atoms with Gasteiger partial charge in [-0.1, -0.05) is 22.0 Å². The predicted molar refractivity (Wildman–Crippen MR) is 74.7 cm³/mol. The van der Waals surface area contributed by atoms with Gasteiger partial charge >= 0.3 is 0 Å². The van der Waals surface area contributed by atoms with E-state index in [9.17, 15) is 12.8 Å². The Morgan fingerprint density at radius 1 is 1.32 bits per heavy atom. The maximum atomic E-state index is 13.2.